The second-order valence-electron chi connectivity index (χ2n) is 6.18. The van der Waals surface area contributed by atoms with Crippen LogP contribution in [-0.2, 0) is 19.5 Å². The van der Waals surface area contributed by atoms with E-state index in [0.29, 0.717) is 24.1 Å². The molecule has 7 nitrogen and oxygen atoms in total. The molecule has 0 spiro atoms. The van der Waals surface area contributed by atoms with E-state index in [0.717, 1.165) is 24.2 Å². The Bertz CT molecular complexity index is 722. The molecule has 0 bridgehead atoms. The second kappa shape index (κ2) is 5.65. The van der Waals surface area contributed by atoms with Crippen LogP contribution >= 0.6 is 11.6 Å². The molecule has 0 amide bonds. The predicted octanol–water partition coefficient (Wildman–Crippen LogP) is 1.34. The van der Waals surface area contributed by atoms with Crippen molar-refractivity contribution >= 4 is 23.4 Å². The SMILES string of the molecule is Nc1nc(Cl)c2c(n1)N(Cc1cc3n(n1)CCCC3)CC2CO. The quantitative estimate of drug-likeness (QED) is 0.823. The summed E-state index contributed by atoms with van der Waals surface area (Å²) in [4.78, 5) is 10.4. The number of nitrogens with two attached hydrogens (primary N) is 1. The van der Waals surface area contributed by atoms with E-state index >= 15 is 0 Å². The van der Waals surface area contributed by atoms with Gasteiger partial charge in [0.15, 0.2) is 0 Å². The molecule has 2 aromatic heterocycles. The molecule has 122 valence electrons. The van der Waals surface area contributed by atoms with Crippen LogP contribution in [0.15, 0.2) is 6.07 Å². The first-order chi connectivity index (χ1) is 11.2. The standard InChI is InChI=1S/C15H19ClN6O/c16-13-12-9(8-23)6-21(14(12)19-15(17)18-13)7-10-5-11-3-1-2-4-22(11)20-10/h5,9,23H,1-4,6-8H2,(H2,17,18,19). The zero-order valence-corrected chi connectivity index (χ0v) is 13.5. The summed E-state index contributed by atoms with van der Waals surface area (Å²) in [6.45, 7) is 2.28. The third-order valence-corrected chi connectivity index (χ3v) is 4.87. The van der Waals surface area contributed by atoms with E-state index in [1.165, 1.54) is 18.5 Å². The summed E-state index contributed by atoms with van der Waals surface area (Å²) >= 11 is 6.21. The van der Waals surface area contributed by atoms with E-state index in [-0.39, 0.29) is 18.5 Å². The zero-order chi connectivity index (χ0) is 16.0. The molecule has 1 unspecified atom stereocenters. The Labute approximate surface area is 139 Å². The van der Waals surface area contributed by atoms with Gasteiger partial charge in [0, 0.05) is 30.3 Å². The molecule has 0 aromatic carbocycles. The fourth-order valence-electron chi connectivity index (χ4n) is 3.52. The summed E-state index contributed by atoms with van der Waals surface area (Å²) < 4.78 is 2.10. The van der Waals surface area contributed by atoms with Gasteiger partial charge in [-0.3, -0.25) is 4.68 Å². The van der Waals surface area contributed by atoms with Gasteiger partial charge in [0.1, 0.15) is 11.0 Å². The van der Waals surface area contributed by atoms with Crippen molar-refractivity contribution in [1.82, 2.24) is 19.7 Å². The number of aryl methyl sites for hydroxylation is 2. The second-order valence-corrected chi connectivity index (χ2v) is 6.54. The van der Waals surface area contributed by atoms with E-state index in [2.05, 4.69) is 30.7 Å². The van der Waals surface area contributed by atoms with Crippen molar-refractivity contribution < 1.29 is 5.11 Å². The normalized spacial score (nSPS) is 19.7. The van der Waals surface area contributed by atoms with Gasteiger partial charge in [-0.15, -0.1) is 0 Å². The van der Waals surface area contributed by atoms with Gasteiger partial charge in [-0.2, -0.15) is 10.1 Å². The third-order valence-electron chi connectivity index (χ3n) is 4.58. The molecule has 4 rings (SSSR count). The molecule has 2 aliphatic heterocycles. The van der Waals surface area contributed by atoms with Crippen molar-refractivity contribution in [3.8, 4) is 0 Å². The number of aromatic nitrogens is 4. The minimum absolute atomic E-state index is 0.0101. The van der Waals surface area contributed by atoms with Crippen LogP contribution in [0.25, 0.3) is 0 Å². The van der Waals surface area contributed by atoms with Crippen molar-refractivity contribution in [3.63, 3.8) is 0 Å². The Morgan fingerprint density at radius 1 is 1.35 bits per heavy atom. The lowest BCUT2D eigenvalue weighted by Crippen LogP contribution is -2.23. The van der Waals surface area contributed by atoms with Gasteiger partial charge in [0.05, 0.1) is 18.8 Å². The number of rotatable bonds is 3. The third kappa shape index (κ3) is 2.53. The number of halogens is 1. The monoisotopic (exact) mass is 334 g/mol. The van der Waals surface area contributed by atoms with Gasteiger partial charge < -0.3 is 15.7 Å². The zero-order valence-electron chi connectivity index (χ0n) is 12.7. The van der Waals surface area contributed by atoms with Gasteiger partial charge in [0.2, 0.25) is 5.95 Å². The maximum absolute atomic E-state index is 9.63. The fraction of sp³-hybridized carbons (Fsp3) is 0.533. The molecule has 8 heteroatoms. The number of aliphatic hydroxyl groups is 1. The molecule has 0 saturated heterocycles. The summed E-state index contributed by atoms with van der Waals surface area (Å²) in [6, 6.07) is 2.16. The van der Waals surface area contributed by atoms with Crippen LogP contribution in [0.3, 0.4) is 0 Å². The van der Waals surface area contributed by atoms with E-state index in [9.17, 15) is 5.11 Å². The summed E-state index contributed by atoms with van der Waals surface area (Å²) in [5.41, 5.74) is 8.83. The van der Waals surface area contributed by atoms with Crippen LogP contribution in [0.4, 0.5) is 11.8 Å². The molecule has 0 radical (unpaired) electrons. The van der Waals surface area contributed by atoms with Crippen LogP contribution in [0, 0.1) is 0 Å². The summed E-state index contributed by atoms with van der Waals surface area (Å²) in [6.07, 6.45) is 3.50. The van der Waals surface area contributed by atoms with E-state index in [1.54, 1.807) is 0 Å². The summed E-state index contributed by atoms with van der Waals surface area (Å²) in [7, 11) is 0. The molecule has 2 aliphatic rings. The highest BCUT2D eigenvalue weighted by Gasteiger charge is 2.33. The molecular formula is C15H19ClN6O. The molecule has 0 saturated carbocycles. The fourth-order valence-corrected chi connectivity index (χ4v) is 3.85. The number of fused-ring (bicyclic) bond motifs is 2. The molecule has 0 aliphatic carbocycles. The van der Waals surface area contributed by atoms with Gasteiger partial charge >= 0.3 is 0 Å². The molecule has 3 N–H and O–H groups in total. The van der Waals surface area contributed by atoms with Crippen LogP contribution in [-0.4, -0.2) is 38.0 Å². The lowest BCUT2D eigenvalue weighted by Gasteiger charge is -2.17. The predicted molar refractivity (Wildman–Crippen MR) is 87.5 cm³/mol. The van der Waals surface area contributed by atoms with Crippen molar-refractivity contribution in [3.05, 3.63) is 28.2 Å². The molecule has 0 fully saturated rings. The lowest BCUT2D eigenvalue weighted by molar-refractivity contribution is 0.270. The number of anilines is 2. The first-order valence-corrected chi connectivity index (χ1v) is 8.28. The number of nitrogen functional groups attached to an aromatic ring is 1. The lowest BCUT2D eigenvalue weighted by atomic mass is 10.1. The molecule has 2 aromatic rings. The average molecular weight is 335 g/mol. The Kier molecular flexibility index (Phi) is 3.61. The Balaban J connectivity index is 1.65. The van der Waals surface area contributed by atoms with Gasteiger partial charge in [-0.05, 0) is 25.3 Å². The van der Waals surface area contributed by atoms with E-state index < -0.39 is 0 Å². The summed E-state index contributed by atoms with van der Waals surface area (Å²) in [5, 5.41) is 14.7. The molecule has 1 atom stereocenters. The van der Waals surface area contributed by atoms with Crippen LogP contribution in [0.5, 0.6) is 0 Å². The first-order valence-electron chi connectivity index (χ1n) is 7.90. The topological polar surface area (TPSA) is 93.1 Å². The maximum Gasteiger partial charge on any atom is 0.223 e. The average Bonchev–Trinajstić information content (AvgIpc) is 3.08. The number of nitrogens with zero attached hydrogens (tertiary/aromatic N) is 5. The van der Waals surface area contributed by atoms with Crippen molar-refractivity contribution in [2.75, 3.05) is 23.8 Å². The highest BCUT2D eigenvalue weighted by molar-refractivity contribution is 6.30. The number of hydrogen-bond donors (Lipinski definition) is 2. The van der Waals surface area contributed by atoms with Gasteiger partial charge in [-0.1, -0.05) is 11.6 Å². The van der Waals surface area contributed by atoms with Crippen LogP contribution in [0.2, 0.25) is 5.15 Å². The minimum Gasteiger partial charge on any atom is -0.396 e. The molecular weight excluding hydrogens is 316 g/mol. The van der Waals surface area contributed by atoms with Gasteiger partial charge in [-0.25, -0.2) is 4.98 Å². The minimum atomic E-state index is -0.0876. The van der Waals surface area contributed by atoms with Crippen molar-refractivity contribution in [2.45, 2.75) is 38.3 Å². The van der Waals surface area contributed by atoms with Crippen molar-refractivity contribution in [1.29, 1.82) is 0 Å². The highest BCUT2D eigenvalue weighted by atomic mass is 35.5. The number of hydrogen-bond acceptors (Lipinski definition) is 6. The maximum atomic E-state index is 9.63. The van der Waals surface area contributed by atoms with E-state index in [1.807, 2.05) is 0 Å². The number of aliphatic hydroxyl groups excluding tert-OH is 1. The molecule has 23 heavy (non-hydrogen) atoms. The van der Waals surface area contributed by atoms with Crippen molar-refractivity contribution in [2.24, 2.45) is 0 Å². The molecule has 4 heterocycles. The smallest absolute Gasteiger partial charge is 0.223 e. The Morgan fingerprint density at radius 2 is 2.22 bits per heavy atom. The van der Waals surface area contributed by atoms with Crippen LogP contribution < -0.4 is 10.6 Å². The van der Waals surface area contributed by atoms with Gasteiger partial charge in [0.25, 0.3) is 0 Å². The summed E-state index contributed by atoms with van der Waals surface area (Å²) in [5.74, 6) is 0.782. The first kappa shape index (κ1) is 14.7. The van der Waals surface area contributed by atoms with Crippen LogP contribution in [0.1, 0.15) is 35.7 Å². The highest BCUT2D eigenvalue weighted by Crippen LogP contribution is 2.39. The Morgan fingerprint density at radius 3 is 3.00 bits per heavy atom. The largest absolute Gasteiger partial charge is 0.396 e. The van der Waals surface area contributed by atoms with E-state index in [4.69, 9.17) is 17.3 Å². The Hall–Kier alpha value is -1.86.